The lowest BCUT2D eigenvalue weighted by Gasteiger charge is -2.12. The zero-order chi connectivity index (χ0) is 20.3. The molecule has 1 heterocycles. The van der Waals surface area contributed by atoms with Crippen LogP contribution in [0.1, 0.15) is 11.1 Å². The Morgan fingerprint density at radius 1 is 1.21 bits per heavy atom. The average Bonchev–Trinajstić information content (AvgIpc) is 2.90. The molecule has 0 spiro atoms. The van der Waals surface area contributed by atoms with E-state index in [-0.39, 0.29) is 17.7 Å². The highest BCUT2D eigenvalue weighted by Crippen LogP contribution is 2.34. The molecule has 0 bridgehead atoms. The minimum atomic E-state index is -1.06. The monoisotopic (exact) mass is 573 g/mol. The van der Waals surface area contributed by atoms with Gasteiger partial charge in [0.15, 0.2) is 6.61 Å². The van der Waals surface area contributed by atoms with Gasteiger partial charge in [-0.15, -0.1) is 0 Å². The molecule has 28 heavy (non-hydrogen) atoms. The Kier molecular flexibility index (Phi) is 6.78. The predicted octanol–water partition coefficient (Wildman–Crippen LogP) is 4.75. The summed E-state index contributed by atoms with van der Waals surface area (Å²) in [6.45, 7) is -0.209. The first-order valence-corrected chi connectivity index (χ1v) is 10.7. The Labute approximate surface area is 187 Å². The van der Waals surface area contributed by atoms with Crippen molar-refractivity contribution in [3.05, 3.63) is 66.5 Å². The number of aliphatic carboxylic acids is 1. The van der Waals surface area contributed by atoms with Crippen molar-refractivity contribution in [1.29, 1.82) is 0 Å². The molecule has 0 saturated carbocycles. The molecule has 6 nitrogen and oxygen atoms in total. The quantitative estimate of drug-likeness (QED) is 0.396. The number of thioether (sulfide) groups is 1. The first kappa shape index (κ1) is 20.9. The van der Waals surface area contributed by atoms with Gasteiger partial charge in [-0.1, -0.05) is 34.1 Å². The van der Waals surface area contributed by atoms with E-state index in [4.69, 9.17) is 9.84 Å². The third-order valence-corrected chi connectivity index (χ3v) is 6.01. The summed E-state index contributed by atoms with van der Waals surface area (Å²) < 4.78 is 6.82. The second-order valence-corrected chi connectivity index (χ2v) is 8.84. The number of carbonyl (C=O) groups is 3. The highest BCUT2D eigenvalue weighted by Gasteiger charge is 2.34. The fourth-order valence-corrected chi connectivity index (χ4v) is 4.22. The maximum absolute atomic E-state index is 12.6. The number of rotatable bonds is 6. The van der Waals surface area contributed by atoms with Crippen molar-refractivity contribution >= 4 is 73.5 Å². The standard InChI is InChI=1S/C19H13BrINO5S/c20-13-4-1-11(2-5-13)9-22-18(25)16(28-19(22)26)8-12-3-6-15(14(21)7-12)27-10-17(23)24/h1-8H,9-10H2,(H,23,24)/b16-8-. The smallest absolute Gasteiger partial charge is 0.341 e. The number of carboxylic acids is 1. The van der Waals surface area contributed by atoms with Crippen molar-refractivity contribution in [1.82, 2.24) is 4.90 Å². The SMILES string of the molecule is O=C(O)COc1ccc(/C=C2\SC(=O)N(Cc3ccc(Br)cc3)C2=O)cc1I. The number of amides is 2. The minimum absolute atomic E-state index is 0.217. The first-order chi connectivity index (χ1) is 13.3. The second-order valence-electron chi connectivity index (χ2n) is 5.77. The summed E-state index contributed by atoms with van der Waals surface area (Å²) in [5.74, 6) is -0.943. The van der Waals surface area contributed by atoms with E-state index in [1.54, 1.807) is 24.3 Å². The van der Waals surface area contributed by atoms with Gasteiger partial charge in [-0.25, -0.2) is 4.79 Å². The number of hydrogen-bond acceptors (Lipinski definition) is 5. The highest BCUT2D eigenvalue weighted by molar-refractivity contribution is 14.1. The molecule has 0 aliphatic carbocycles. The fourth-order valence-electron chi connectivity index (χ4n) is 2.42. The molecular formula is C19H13BrINO5S. The molecule has 1 fully saturated rings. The molecule has 3 rings (SSSR count). The summed E-state index contributed by atoms with van der Waals surface area (Å²) in [4.78, 5) is 37.1. The molecule has 1 aliphatic rings. The molecule has 1 aliphatic heterocycles. The third-order valence-electron chi connectivity index (χ3n) is 3.73. The van der Waals surface area contributed by atoms with Crippen LogP contribution in [0.15, 0.2) is 51.8 Å². The van der Waals surface area contributed by atoms with Crippen LogP contribution in [0.25, 0.3) is 6.08 Å². The molecule has 0 atom stereocenters. The maximum atomic E-state index is 12.6. The van der Waals surface area contributed by atoms with E-state index in [9.17, 15) is 14.4 Å². The normalized spacial score (nSPS) is 15.4. The number of carbonyl (C=O) groups excluding carboxylic acids is 2. The van der Waals surface area contributed by atoms with Gasteiger partial charge in [-0.05, 0) is 75.8 Å². The summed E-state index contributed by atoms with van der Waals surface area (Å²) in [7, 11) is 0. The number of halogens is 2. The van der Waals surface area contributed by atoms with Gasteiger partial charge in [0.25, 0.3) is 11.1 Å². The number of benzene rings is 2. The van der Waals surface area contributed by atoms with Crippen LogP contribution in [0.2, 0.25) is 0 Å². The molecule has 2 amide bonds. The Balaban J connectivity index is 1.75. The summed E-state index contributed by atoms with van der Waals surface area (Å²) in [6, 6.07) is 12.6. The van der Waals surface area contributed by atoms with E-state index in [0.717, 1.165) is 27.4 Å². The van der Waals surface area contributed by atoms with Crippen molar-refractivity contribution < 1.29 is 24.2 Å². The van der Waals surface area contributed by atoms with Gasteiger partial charge in [0.05, 0.1) is 15.0 Å². The van der Waals surface area contributed by atoms with E-state index < -0.39 is 12.6 Å². The molecule has 144 valence electrons. The first-order valence-electron chi connectivity index (χ1n) is 7.97. The van der Waals surface area contributed by atoms with E-state index in [2.05, 4.69) is 15.9 Å². The summed E-state index contributed by atoms with van der Waals surface area (Å²) in [5.41, 5.74) is 1.59. The van der Waals surface area contributed by atoms with Crippen LogP contribution >= 0.6 is 50.3 Å². The van der Waals surface area contributed by atoms with Crippen LogP contribution < -0.4 is 4.74 Å². The number of imide groups is 1. The summed E-state index contributed by atoms with van der Waals surface area (Å²) >= 11 is 6.29. The van der Waals surface area contributed by atoms with Crippen LogP contribution in [0.3, 0.4) is 0 Å². The second kappa shape index (κ2) is 9.10. The molecule has 0 aromatic heterocycles. The van der Waals surface area contributed by atoms with Crippen molar-refractivity contribution in [3.63, 3.8) is 0 Å². The number of nitrogens with zero attached hydrogens (tertiary/aromatic N) is 1. The van der Waals surface area contributed by atoms with Gasteiger partial charge < -0.3 is 9.84 Å². The van der Waals surface area contributed by atoms with Gasteiger partial charge in [0, 0.05) is 4.47 Å². The van der Waals surface area contributed by atoms with Crippen LogP contribution in [0, 0.1) is 3.57 Å². The topological polar surface area (TPSA) is 83.9 Å². The van der Waals surface area contributed by atoms with Gasteiger partial charge >= 0.3 is 5.97 Å². The number of carboxylic acid groups (broad SMARTS) is 1. The van der Waals surface area contributed by atoms with Crippen molar-refractivity contribution in [2.45, 2.75) is 6.54 Å². The van der Waals surface area contributed by atoms with Crippen LogP contribution in [0.4, 0.5) is 4.79 Å². The molecule has 0 radical (unpaired) electrons. The Morgan fingerprint density at radius 3 is 2.57 bits per heavy atom. The largest absolute Gasteiger partial charge is 0.481 e. The van der Waals surface area contributed by atoms with Crippen molar-refractivity contribution in [2.24, 2.45) is 0 Å². The Morgan fingerprint density at radius 2 is 1.93 bits per heavy atom. The zero-order valence-corrected chi connectivity index (χ0v) is 18.8. The molecule has 9 heteroatoms. The third kappa shape index (κ3) is 5.15. The van der Waals surface area contributed by atoms with Crippen LogP contribution in [0.5, 0.6) is 5.75 Å². The van der Waals surface area contributed by atoms with Gasteiger partial charge in [0.2, 0.25) is 0 Å². The average molecular weight is 574 g/mol. The number of ether oxygens (including phenoxy) is 1. The summed E-state index contributed by atoms with van der Waals surface area (Å²) in [6.07, 6.45) is 1.65. The van der Waals surface area contributed by atoms with E-state index in [0.29, 0.717) is 14.2 Å². The van der Waals surface area contributed by atoms with Crippen molar-refractivity contribution in [2.75, 3.05) is 6.61 Å². The Hall–Kier alpha value is -1.85. The summed E-state index contributed by atoms with van der Waals surface area (Å²) in [5, 5.41) is 8.38. The van der Waals surface area contributed by atoms with E-state index >= 15 is 0 Å². The zero-order valence-electron chi connectivity index (χ0n) is 14.2. The predicted molar refractivity (Wildman–Crippen MR) is 118 cm³/mol. The van der Waals surface area contributed by atoms with Crippen LogP contribution in [-0.2, 0) is 16.1 Å². The van der Waals surface area contributed by atoms with Gasteiger partial charge in [0.1, 0.15) is 5.75 Å². The molecule has 2 aromatic carbocycles. The molecule has 1 N–H and O–H groups in total. The Bertz CT molecular complexity index is 977. The van der Waals surface area contributed by atoms with Gasteiger partial charge in [-0.2, -0.15) is 0 Å². The maximum Gasteiger partial charge on any atom is 0.341 e. The molecular weight excluding hydrogens is 561 g/mol. The lowest BCUT2D eigenvalue weighted by atomic mass is 10.2. The van der Waals surface area contributed by atoms with E-state index in [1.165, 1.54) is 4.90 Å². The van der Waals surface area contributed by atoms with Crippen molar-refractivity contribution in [3.8, 4) is 5.75 Å². The number of hydrogen-bond donors (Lipinski definition) is 1. The lowest BCUT2D eigenvalue weighted by Crippen LogP contribution is -2.27. The van der Waals surface area contributed by atoms with Crippen LogP contribution in [-0.4, -0.2) is 33.7 Å². The molecule has 0 unspecified atom stereocenters. The lowest BCUT2D eigenvalue weighted by molar-refractivity contribution is -0.139. The van der Waals surface area contributed by atoms with Gasteiger partial charge in [-0.3, -0.25) is 14.5 Å². The molecule has 2 aromatic rings. The minimum Gasteiger partial charge on any atom is -0.481 e. The fraction of sp³-hybridized carbons (Fsp3) is 0.105. The highest BCUT2D eigenvalue weighted by atomic mass is 127. The van der Waals surface area contributed by atoms with E-state index in [1.807, 2.05) is 46.9 Å². The molecule has 1 saturated heterocycles.